The number of anilines is 1. The number of nitrogens with zero attached hydrogens (tertiary/aromatic N) is 2. The number of carbonyl (C=O) groups excluding carboxylic acids is 2. The van der Waals surface area contributed by atoms with Crippen LogP contribution in [0.3, 0.4) is 0 Å². The maximum absolute atomic E-state index is 12.8. The molecule has 1 aromatic heterocycles. The van der Waals surface area contributed by atoms with E-state index in [9.17, 15) is 14.7 Å². The van der Waals surface area contributed by atoms with Crippen molar-refractivity contribution in [3.63, 3.8) is 0 Å². The molecule has 27 heavy (non-hydrogen) atoms. The van der Waals surface area contributed by atoms with E-state index in [1.807, 2.05) is 25.5 Å². The van der Waals surface area contributed by atoms with Crippen LogP contribution >= 0.6 is 0 Å². The Morgan fingerprint density at radius 2 is 1.74 bits per heavy atom. The Morgan fingerprint density at radius 3 is 2.37 bits per heavy atom. The van der Waals surface area contributed by atoms with Crippen LogP contribution in [0.4, 0.5) is 5.69 Å². The van der Waals surface area contributed by atoms with Gasteiger partial charge in [-0.2, -0.15) is 5.10 Å². The molecular formula is C21H26N3O3-. The first kappa shape index (κ1) is 19.1. The average Bonchev–Trinajstić information content (AvgIpc) is 2.91. The molecule has 0 bridgehead atoms. The van der Waals surface area contributed by atoms with E-state index < -0.39 is 17.8 Å². The number of hydrogen-bond acceptors (Lipinski definition) is 4. The number of hydrogen-bond donors (Lipinski definition) is 1. The van der Waals surface area contributed by atoms with Crippen LogP contribution in [0.25, 0.3) is 0 Å². The van der Waals surface area contributed by atoms with Crippen LogP contribution in [-0.4, -0.2) is 21.7 Å². The van der Waals surface area contributed by atoms with Crippen molar-refractivity contribution in [1.82, 2.24) is 9.78 Å². The van der Waals surface area contributed by atoms with Gasteiger partial charge in [-0.05, 0) is 39.2 Å². The van der Waals surface area contributed by atoms with E-state index in [2.05, 4.69) is 34.7 Å². The predicted molar refractivity (Wildman–Crippen MR) is 101 cm³/mol. The van der Waals surface area contributed by atoms with Crippen LogP contribution in [0.5, 0.6) is 0 Å². The summed E-state index contributed by atoms with van der Waals surface area (Å²) in [7, 11) is 0. The summed E-state index contributed by atoms with van der Waals surface area (Å²) in [6.07, 6.45) is 2.78. The van der Waals surface area contributed by atoms with Gasteiger partial charge in [-0.1, -0.05) is 42.7 Å². The van der Waals surface area contributed by atoms with Gasteiger partial charge in [-0.15, -0.1) is 0 Å². The molecule has 1 aromatic carbocycles. The molecule has 6 nitrogen and oxygen atoms in total. The third-order valence-corrected chi connectivity index (χ3v) is 5.49. The van der Waals surface area contributed by atoms with Crippen LogP contribution in [0.2, 0.25) is 0 Å². The minimum Gasteiger partial charge on any atom is -0.550 e. The van der Waals surface area contributed by atoms with Crippen molar-refractivity contribution in [2.24, 2.45) is 11.8 Å². The number of aryl methyl sites for hydroxylation is 2. The monoisotopic (exact) mass is 368 g/mol. The second kappa shape index (κ2) is 7.94. The highest BCUT2D eigenvalue weighted by Crippen LogP contribution is 2.31. The molecule has 0 aliphatic heterocycles. The SMILES string of the molecule is Cc1ccc(Cn2nc(C)c(NC(=O)C3CCCCC3C(=O)[O-])c2C)cc1. The number of rotatable bonds is 5. The summed E-state index contributed by atoms with van der Waals surface area (Å²) in [6, 6.07) is 8.26. The Morgan fingerprint density at radius 1 is 1.11 bits per heavy atom. The third-order valence-electron chi connectivity index (χ3n) is 5.49. The molecule has 0 saturated heterocycles. The van der Waals surface area contributed by atoms with Gasteiger partial charge in [-0.25, -0.2) is 0 Å². The number of aromatic nitrogens is 2. The minimum absolute atomic E-state index is 0.245. The van der Waals surface area contributed by atoms with E-state index in [1.54, 1.807) is 0 Å². The Kier molecular flexibility index (Phi) is 5.63. The first-order chi connectivity index (χ1) is 12.9. The molecule has 6 heteroatoms. The van der Waals surface area contributed by atoms with Crippen molar-refractivity contribution in [2.45, 2.75) is 53.0 Å². The molecule has 144 valence electrons. The molecule has 0 radical (unpaired) electrons. The van der Waals surface area contributed by atoms with Crippen molar-refractivity contribution >= 4 is 17.6 Å². The maximum Gasteiger partial charge on any atom is 0.228 e. The predicted octanol–water partition coefficient (Wildman–Crippen LogP) is 2.35. The number of carboxylic acid groups (broad SMARTS) is 1. The van der Waals surface area contributed by atoms with E-state index in [0.29, 0.717) is 25.1 Å². The smallest absolute Gasteiger partial charge is 0.228 e. The summed E-state index contributed by atoms with van der Waals surface area (Å²) in [5, 5.41) is 18.9. The summed E-state index contributed by atoms with van der Waals surface area (Å²) in [5.74, 6) is -2.62. The van der Waals surface area contributed by atoms with Crippen molar-refractivity contribution in [3.8, 4) is 0 Å². The Labute approximate surface area is 159 Å². The van der Waals surface area contributed by atoms with Crippen LogP contribution in [0, 0.1) is 32.6 Å². The van der Waals surface area contributed by atoms with E-state index in [0.717, 1.165) is 29.8 Å². The molecule has 2 atom stereocenters. The molecule has 1 fully saturated rings. The number of amides is 1. The van der Waals surface area contributed by atoms with Crippen molar-refractivity contribution in [1.29, 1.82) is 0 Å². The average molecular weight is 368 g/mol. The lowest BCUT2D eigenvalue weighted by molar-refractivity contribution is -0.313. The third kappa shape index (κ3) is 4.21. The number of benzene rings is 1. The Hall–Kier alpha value is -2.63. The zero-order valence-electron chi connectivity index (χ0n) is 16.1. The second-order valence-electron chi connectivity index (χ2n) is 7.49. The molecule has 1 heterocycles. The highest BCUT2D eigenvalue weighted by molar-refractivity contribution is 5.95. The topological polar surface area (TPSA) is 87.0 Å². The molecule has 0 spiro atoms. The summed E-state index contributed by atoms with van der Waals surface area (Å²) >= 11 is 0. The van der Waals surface area contributed by atoms with Gasteiger partial charge in [-0.3, -0.25) is 9.48 Å². The summed E-state index contributed by atoms with van der Waals surface area (Å²) in [5.41, 5.74) is 4.61. The zero-order chi connectivity index (χ0) is 19.6. The first-order valence-corrected chi connectivity index (χ1v) is 9.48. The fraction of sp³-hybridized carbons (Fsp3) is 0.476. The molecule has 1 saturated carbocycles. The van der Waals surface area contributed by atoms with Gasteiger partial charge in [0.2, 0.25) is 5.91 Å². The van der Waals surface area contributed by atoms with E-state index in [4.69, 9.17) is 0 Å². The van der Waals surface area contributed by atoms with Gasteiger partial charge in [0.05, 0.1) is 23.6 Å². The normalized spacial score (nSPS) is 19.7. The van der Waals surface area contributed by atoms with Crippen molar-refractivity contribution < 1.29 is 14.7 Å². The Balaban J connectivity index is 1.77. The summed E-state index contributed by atoms with van der Waals surface area (Å²) in [4.78, 5) is 24.1. The number of carboxylic acids is 1. The highest BCUT2D eigenvalue weighted by Gasteiger charge is 2.32. The zero-order valence-corrected chi connectivity index (χ0v) is 16.1. The lowest BCUT2D eigenvalue weighted by Crippen LogP contribution is -2.42. The van der Waals surface area contributed by atoms with Gasteiger partial charge in [0.1, 0.15) is 0 Å². The molecule has 2 aromatic rings. The van der Waals surface area contributed by atoms with Gasteiger partial charge < -0.3 is 15.2 Å². The molecule has 1 N–H and O–H groups in total. The van der Waals surface area contributed by atoms with E-state index in [-0.39, 0.29) is 5.91 Å². The largest absolute Gasteiger partial charge is 0.550 e. The second-order valence-corrected chi connectivity index (χ2v) is 7.49. The molecule has 1 aliphatic rings. The Bertz CT molecular complexity index is 839. The highest BCUT2D eigenvalue weighted by atomic mass is 16.4. The lowest BCUT2D eigenvalue weighted by Gasteiger charge is -2.31. The lowest BCUT2D eigenvalue weighted by atomic mass is 9.78. The van der Waals surface area contributed by atoms with E-state index >= 15 is 0 Å². The van der Waals surface area contributed by atoms with Crippen LogP contribution < -0.4 is 10.4 Å². The molecule has 1 aliphatic carbocycles. The van der Waals surface area contributed by atoms with Crippen LogP contribution in [0.15, 0.2) is 24.3 Å². The molecule has 3 rings (SSSR count). The van der Waals surface area contributed by atoms with Crippen LogP contribution in [-0.2, 0) is 16.1 Å². The van der Waals surface area contributed by atoms with Gasteiger partial charge in [0, 0.05) is 17.8 Å². The fourth-order valence-electron chi connectivity index (χ4n) is 3.84. The fourth-order valence-corrected chi connectivity index (χ4v) is 3.84. The molecular weight excluding hydrogens is 342 g/mol. The minimum atomic E-state index is -1.13. The number of nitrogens with one attached hydrogen (secondary N) is 1. The quantitative estimate of drug-likeness (QED) is 0.878. The number of aliphatic carboxylic acids is 1. The van der Waals surface area contributed by atoms with E-state index in [1.165, 1.54) is 5.56 Å². The van der Waals surface area contributed by atoms with Gasteiger partial charge in [0.25, 0.3) is 0 Å². The van der Waals surface area contributed by atoms with Gasteiger partial charge >= 0.3 is 0 Å². The van der Waals surface area contributed by atoms with Crippen molar-refractivity contribution in [3.05, 3.63) is 46.8 Å². The summed E-state index contributed by atoms with van der Waals surface area (Å²) in [6.45, 7) is 6.44. The van der Waals surface area contributed by atoms with Crippen LogP contribution in [0.1, 0.15) is 48.2 Å². The standard InChI is InChI=1S/C21H27N3O3/c1-13-8-10-16(11-9-13)12-24-15(3)19(14(2)23-24)22-20(25)17-6-4-5-7-18(17)21(26)27/h8-11,17-18H,4-7,12H2,1-3H3,(H,22,25)(H,26,27)/p-1. The van der Waals surface area contributed by atoms with Crippen molar-refractivity contribution in [2.75, 3.05) is 5.32 Å². The number of carbonyl (C=O) groups is 2. The maximum atomic E-state index is 12.8. The molecule has 1 amide bonds. The molecule has 2 unspecified atom stereocenters. The first-order valence-electron chi connectivity index (χ1n) is 9.48. The van der Waals surface area contributed by atoms with Gasteiger partial charge in [0.15, 0.2) is 0 Å². The summed E-state index contributed by atoms with van der Waals surface area (Å²) < 4.78 is 1.87.